The lowest BCUT2D eigenvalue weighted by atomic mass is 9.91. The molecule has 4 heteroatoms. The standard InChI is InChI=1S/C25H28N2O2/c1-7-18(13-29-6)27-21-12-17(5)26-24-19(8-9-20(23(21)24)25(27)28)22-15(3)10-14(2)11-16(22)4/h8-12,18H,7,13H2,1-6H3/t18-/m1/s1. The fraction of sp³-hybridized carbons (Fsp3) is 0.360. The summed E-state index contributed by atoms with van der Waals surface area (Å²) >= 11 is 0. The zero-order valence-electron chi connectivity index (χ0n) is 18.1. The highest BCUT2D eigenvalue weighted by Gasteiger charge is 2.35. The Hall–Kier alpha value is -2.72. The Morgan fingerprint density at radius 1 is 1.03 bits per heavy atom. The number of ether oxygens (including phenoxy) is 1. The van der Waals surface area contributed by atoms with Crippen LogP contribution < -0.4 is 4.90 Å². The van der Waals surface area contributed by atoms with Crippen LogP contribution in [0.25, 0.3) is 22.0 Å². The Balaban J connectivity index is 2.02. The topological polar surface area (TPSA) is 42.4 Å². The lowest BCUT2D eigenvalue weighted by Crippen LogP contribution is -2.40. The van der Waals surface area contributed by atoms with Crippen LogP contribution in [0.15, 0.2) is 30.3 Å². The Morgan fingerprint density at radius 2 is 1.69 bits per heavy atom. The molecule has 1 aliphatic rings. The first kappa shape index (κ1) is 19.6. The van der Waals surface area contributed by atoms with Gasteiger partial charge in [-0.05, 0) is 62.9 Å². The van der Waals surface area contributed by atoms with Crippen molar-refractivity contribution in [1.29, 1.82) is 0 Å². The molecule has 2 aromatic carbocycles. The van der Waals surface area contributed by atoms with Gasteiger partial charge in [-0.25, -0.2) is 0 Å². The van der Waals surface area contributed by atoms with E-state index in [0.29, 0.717) is 6.61 Å². The van der Waals surface area contributed by atoms with Crippen LogP contribution in [0.2, 0.25) is 0 Å². The summed E-state index contributed by atoms with van der Waals surface area (Å²) < 4.78 is 5.41. The number of carbonyl (C=O) groups excluding carboxylic acids is 1. The minimum atomic E-state index is 0.0104. The summed E-state index contributed by atoms with van der Waals surface area (Å²) in [6.07, 6.45) is 0.833. The Labute approximate surface area is 172 Å². The maximum atomic E-state index is 13.3. The quantitative estimate of drug-likeness (QED) is 0.578. The molecule has 0 N–H and O–H groups in total. The van der Waals surface area contributed by atoms with E-state index in [1.807, 2.05) is 24.0 Å². The molecular weight excluding hydrogens is 360 g/mol. The number of benzene rings is 2. The second-order valence-electron chi connectivity index (χ2n) is 8.13. The van der Waals surface area contributed by atoms with E-state index in [1.165, 1.54) is 22.3 Å². The molecule has 0 fully saturated rings. The first-order valence-electron chi connectivity index (χ1n) is 10.2. The van der Waals surface area contributed by atoms with Crippen LogP contribution in [0.1, 0.15) is 46.1 Å². The zero-order chi connectivity index (χ0) is 20.9. The Kier molecular flexibility index (Phi) is 4.91. The average molecular weight is 389 g/mol. The van der Waals surface area contributed by atoms with Crippen LogP contribution >= 0.6 is 0 Å². The third-order valence-corrected chi connectivity index (χ3v) is 5.92. The summed E-state index contributed by atoms with van der Waals surface area (Å²) in [6, 6.07) is 10.5. The van der Waals surface area contributed by atoms with Gasteiger partial charge in [0, 0.05) is 23.8 Å². The molecule has 150 valence electrons. The number of amides is 1. The van der Waals surface area contributed by atoms with E-state index in [4.69, 9.17) is 9.72 Å². The maximum absolute atomic E-state index is 13.3. The van der Waals surface area contributed by atoms with Gasteiger partial charge >= 0.3 is 0 Å². The molecule has 0 saturated carbocycles. The summed E-state index contributed by atoms with van der Waals surface area (Å²) in [5, 5.41) is 0.965. The van der Waals surface area contributed by atoms with Gasteiger partial charge in [0.25, 0.3) is 5.91 Å². The van der Waals surface area contributed by atoms with E-state index in [2.05, 4.69) is 45.9 Å². The molecule has 0 unspecified atom stereocenters. The molecule has 1 atom stereocenters. The number of hydrogen-bond donors (Lipinski definition) is 0. The van der Waals surface area contributed by atoms with Gasteiger partial charge in [0.1, 0.15) is 0 Å². The SMILES string of the molecule is CC[C@H](COC)N1C(=O)c2ccc(-c3c(C)cc(C)cc3C)c3nc(C)cc1c23. The number of pyridine rings is 1. The van der Waals surface area contributed by atoms with Crippen LogP contribution in [-0.2, 0) is 4.74 Å². The number of aromatic nitrogens is 1. The number of carbonyl (C=O) groups is 1. The summed E-state index contributed by atoms with van der Waals surface area (Å²) in [4.78, 5) is 20.2. The third kappa shape index (κ3) is 3.03. The lowest BCUT2D eigenvalue weighted by Gasteiger charge is -2.27. The predicted molar refractivity (Wildman–Crippen MR) is 119 cm³/mol. The third-order valence-electron chi connectivity index (χ3n) is 5.92. The molecule has 0 radical (unpaired) electrons. The minimum absolute atomic E-state index is 0.0104. The van der Waals surface area contributed by atoms with Crippen molar-refractivity contribution in [3.63, 3.8) is 0 Å². The first-order chi connectivity index (χ1) is 13.9. The van der Waals surface area contributed by atoms with Crippen molar-refractivity contribution in [2.45, 2.75) is 47.1 Å². The van der Waals surface area contributed by atoms with Gasteiger partial charge in [-0.1, -0.05) is 30.7 Å². The van der Waals surface area contributed by atoms with Crippen molar-refractivity contribution < 1.29 is 9.53 Å². The molecule has 1 aromatic heterocycles. The molecule has 3 aromatic rings. The van der Waals surface area contributed by atoms with E-state index in [1.54, 1.807) is 7.11 Å². The van der Waals surface area contributed by atoms with E-state index in [0.717, 1.165) is 39.8 Å². The van der Waals surface area contributed by atoms with Crippen molar-refractivity contribution in [2.24, 2.45) is 0 Å². The highest BCUT2D eigenvalue weighted by atomic mass is 16.5. The molecule has 2 heterocycles. The van der Waals surface area contributed by atoms with Crippen LogP contribution in [0.3, 0.4) is 0 Å². The second-order valence-corrected chi connectivity index (χ2v) is 8.13. The minimum Gasteiger partial charge on any atom is -0.383 e. The first-order valence-corrected chi connectivity index (χ1v) is 10.2. The Morgan fingerprint density at radius 3 is 2.31 bits per heavy atom. The second kappa shape index (κ2) is 7.27. The number of hydrogen-bond acceptors (Lipinski definition) is 3. The molecule has 0 bridgehead atoms. The smallest absolute Gasteiger partial charge is 0.259 e. The summed E-state index contributed by atoms with van der Waals surface area (Å²) in [7, 11) is 1.69. The van der Waals surface area contributed by atoms with Gasteiger partial charge in [0.05, 0.1) is 29.4 Å². The normalized spacial score (nSPS) is 14.1. The zero-order valence-corrected chi connectivity index (χ0v) is 18.1. The van der Waals surface area contributed by atoms with Gasteiger partial charge in [-0.3, -0.25) is 9.78 Å². The molecule has 0 spiro atoms. The highest BCUT2D eigenvalue weighted by molar-refractivity contribution is 6.26. The fourth-order valence-corrected chi connectivity index (χ4v) is 4.79. The predicted octanol–water partition coefficient (Wildman–Crippen LogP) is 5.52. The molecule has 1 amide bonds. The molecule has 29 heavy (non-hydrogen) atoms. The van der Waals surface area contributed by atoms with E-state index in [-0.39, 0.29) is 11.9 Å². The summed E-state index contributed by atoms with van der Waals surface area (Å²) in [5.41, 5.74) is 9.55. The van der Waals surface area contributed by atoms with Gasteiger partial charge in [0.2, 0.25) is 0 Å². The van der Waals surface area contributed by atoms with Gasteiger partial charge in [0.15, 0.2) is 0 Å². The number of methoxy groups -OCH3 is 1. The lowest BCUT2D eigenvalue weighted by molar-refractivity contribution is 0.0957. The Bertz CT molecular complexity index is 1110. The van der Waals surface area contributed by atoms with Crippen molar-refractivity contribution >= 4 is 22.5 Å². The van der Waals surface area contributed by atoms with E-state index < -0.39 is 0 Å². The molecule has 1 aliphatic heterocycles. The molecule has 4 nitrogen and oxygen atoms in total. The fourth-order valence-electron chi connectivity index (χ4n) is 4.79. The number of aryl methyl sites for hydroxylation is 4. The monoisotopic (exact) mass is 388 g/mol. The van der Waals surface area contributed by atoms with Crippen LogP contribution in [0, 0.1) is 27.7 Å². The summed E-state index contributed by atoms with van der Waals surface area (Å²) in [6.45, 7) is 11.0. The van der Waals surface area contributed by atoms with E-state index >= 15 is 0 Å². The molecule has 0 saturated heterocycles. The number of rotatable bonds is 5. The van der Waals surface area contributed by atoms with Crippen molar-refractivity contribution in [2.75, 3.05) is 18.6 Å². The number of nitrogens with zero attached hydrogens (tertiary/aromatic N) is 2. The van der Waals surface area contributed by atoms with Crippen LogP contribution in [0.5, 0.6) is 0 Å². The molecular formula is C25H28N2O2. The highest BCUT2D eigenvalue weighted by Crippen LogP contribution is 2.43. The van der Waals surface area contributed by atoms with Crippen LogP contribution in [0.4, 0.5) is 5.69 Å². The number of anilines is 1. The van der Waals surface area contributed by atoms with Gasteiger partial charge in [-0.2, -0.15) is 0 Å². The molecule has 0 aliphatic carbocycles. The van der Waals surface area contributed by atoms with Crippen molar-refractivity contribution in [3.8, 4) is 11.1 Å². The van der Waals surface area contributed by atoms with Crippen molar-refractivity contribution in [3.05, 3.63) is 58.3 Å². The maximum Gasteiger partial charge on any atom is 0.259 e. The van der Waals surface area contributed by atoms with Crippen molar-refractivity contribution in [1.82, 2.24) is 4.98 Å². The largest absolute Gasteiger partial charge is 0.383 e. The molecule has 4 rings (SSSR count). The average Bonchev–Trinajstić information content (AvgIpc) is 2.93. The van der Waals surface area contributed by atoms with Gasteiger partial charge in [-0.15, -0.1) is 0 Å². The van der Waals surface area contributed by atoms with E-state index in [9.17, 15) is 4.79 Å². The van der Waals surface area contributed by atoms with Crippen LogP contribution in [-0.4, -0.2) is 30.6 Å². The summed E-state index contributed by atoms with van der Waals surface area (Å²) in [5.74, 6) is 0.0465. The van der Waals surface area contributed by atoms with Gasteiger partial charge < -0.3 is 9.64 Å².